The summed E-state index contributed by atoms with van der Waals surface area (Å²) in [5, 5.41) is 9.93. The quantitative estimate of drug-likeness (QED) is 0.250. The van der Waals surface area contributed by atoms with Crippen molar-refractivity contribution < 1.29 is 19.1 Å². The predicted molar refractivity (Wildman–Crippen MR) is 170 cm³/mol. The van der Waals surface area contributed by atoms with Gasteiger partial charge in [-0.3, -0.25) is 19.3 Å². The van der Waals surface area contributed by atoms with Gasteiger partial charge in [-0.15, -0.1) is 11.3 Å². The maximum absolute atomic E-state index is 13.8. The molecule has 9 nitrogen and oxygen atoms in total. The summed E-state index contributed by atoms with van der Waals surface area (Å²) in [6.45, 7) is 18.0. The van der Waals surface area contributed by atoms with Gasteiger partial charge in [-0.1, -0.05) is 47.3 Å². The number of nitrogens with zero attached hydrogens (tertiary/aromatic N) is 2. The molecule has 1 saturated heterocycles. The van der Waals surface area contributed by atoms with E-state index in [1.54, 1.807) is 11.3 Å². The van der Waals surface area contributed by atoms with Crippen molar-refractivity contribution in [2.24, 2.45) is 5.92 Å². The van der Waals surface area contributed by atoms with Crippen LogP contribution in [0.3, 0.4) is 0 Å². The van der Waals surface area contributed by atoms with E-state index in [0.29, 0.717) is 50.5 Å². The van der Waals surface area contributed by atoms with E-state index < -0.39 is 6.04 Å². The SMILES string of the molecule is C=C(CN(CC)CC)C(=O)NCC(NC(=O)[C@H](Cc1nc2ccc(C(C)C)cc2s1)NC(=O)CCC)C1CCOCC1. The molecular weight excluding hydrogens is 550 g/mol. The molecule has 1 aliphatic heterocycles. The largest absolute Gasteiger partial charge is 0.381 e. The summed E-state index contributed by atoms with van der Waals surface area (Å²) >= 11 is 1.56. The molecule has 2 aromatic rings. The van der Waals surface area contributed by atoms with Crippen LogP contribution < -0.4 is 16.0 Å². The summed E-state index contributed by atoms with van der Waals surface area (Å²) in [5.41, 5.74) is 2.63. The number of benzene rings is 1. The number of carbonyl (C=O) groups excluding carboxylic acids is 3. The molecule has 42 heavy (non-hydrogen) atoms. The van der Waals surface area contributed by atoms with Gasteiger partial charge in [0.1, 0.15) is 6.04 Å². The average Bonchev–Trinajstić information content (AvgIpc) is 3.39. The first-order valence-electron chi connectivity index (χ1n) is 15.4. The molecule has 3 N–H and O–H groups in total. The maximum Gasteiger partial charge on any atom is 0.247 e. The third-order valence-electron chi connectivity index (χ3n) is 7.91. The van der Waals surface area contributed by atoms with Crippen molar-refractivity contribution in [2.75, 3.05) is 39.4 Å². The van der Waals surface area contributed by atoms with E-state index in [9.17, 15) is 14.4 Å². The lowest BCUT2D eigenvalue weighted by Crippen LogP contribution is -2.55. The predicted octanol–water partition coefficient (Wildman–Crippen LogP) is 4.17. The molecule has 0 bridgehead atoms. The van der Waals surface area contributed by atoms with Crippen molar-refractivity contribution in [2.45, 2.75) is 84.7 Å². The number of fused-ring (bicyclic) bond motifs is 1. The van der Waals surface area contributed by atoms with Crippen LogP contribution in [-0.4, -0.2) is 79.1 Å². The molecule has 0 spiro atoms. The molecule has 3 rings (SSSR count). The van der Waals surface area contributed by atoms with Crippen LogP contribution in [0.25, 0.3) is 10.2 Å². The molecule has 2 heterocycles. The third-order valence-corrected chi connectivity index (χ3v) is 8.95. The Bertz CT molecular complexity index is 1200. The molecule has 2 atom stereocenters. The number of rotatable bonds is 16. The zero-order chi connectivity index (χ0) is 30.6. The van der Waals surface area contributed by atoms with Gasteiger partial charge < -0.3 is 20.7 Å². The normalized spacial score (nSPS) is 15.5. The second-order valence-electron chi connectivity index (χ2n) is 11.4. The minimum atomic E-state index is -0.773. The third kappa shape index (κ3) is 9.88. The van der Waals surface area contributed by atoms with E-state index in [1.165, 1.54) is 5.56 Å². The summed E-state index contributed by atoms with van der Waals surface area (Å²) in [6, 6.07) is 5.19. The highest BCUT2D eigenvalue weighted by atomic mass is 32.1. The Kier molecular flexibility index (Phi) is 13.4. The summed E-state index contributed by atoms with van der Waals surface area (Å²) in [7, 11) is 0. The minimum absolute atomic E-state index is 0.142. The lowest BCUT2D eigenvalue weighted by atomic mass is 9.91. The Hall–Kier alpha value is -2.82. The van der Waals surface area contributed by atoms with Crippen molar-refractivity contribution in [3.63, 3.8) is 0 Å². The zero-order valence-corrected chi connectivity index (χ0v) is 26.8. The lowest BCUT2D eigenvalue weighted by molar-refractivity contribution is -0.130. The first-order chi connectivity index (χ1) is 20.1. The van der Waals surface area contributed by atoms with Crippen molar-refractivity contribution >= 4 is 39.3 Å². The van der Waals surface area contributed by atoms with Crippen molar-refractivity contribution in [3.8, 4) is 0 Å². The van der Waals surface area contributed by atoms with Crippen molar-refractivity contribution in [1.29, 1.82) is 0 Å². The van der Waals surface area contributed by atoms with E-state index in [0.717, 1.165) is 41.2 Å². The standard InChI is InChI=1S/C32H49N5O4S/c1-7-10-29(38)34-26(18-30-35-25-12-11-24(21(4)5)17-28(25)42-30)32(40)36-27(23-13-15-41-16-14-23)19-33-31(39)22(6)20-37(8-2)9-3/h11-12,17,21,23,26-27H,6-10,13-16,18-20H2,1-5H3,(H,33,39)(H,34,38)(H,36,40)/t26-,27?/m0/s1. The number of aromatic nitrogens is 1. The molecule has 1 aromatic carbocycles. The summed E-state index contributed by atoms with van der Waals surface area (Å²) < 4.78 is 6.63. The van der Waals surface area contributed by atoms with Gasteiger partial charge >= 0.3 is 0 Å². The molecule has 0 aliphatic carbocycles. The molecular formula is C32H49N5O4S. The Morgan fingerprint density at radius 2 is 1.83 bits per heavy atom. The van der Waals surface area contributed by atoms with Crippen LogP contribution >= 0.6 is 11.3 Å². The van der Waals surface area contributed by atoms with Crippen molar-refractivity contribution in [1.82, 2.24) is 25.8 Å². The van der Waals surface area contributed by atoms with Gasteiger partial charge in [0.05, 0.1) is 15.2 Å². The Morgan fingerprint density at radius 3 is 2.48 bits per heavy atom. The van der Waals surface area contributed by atoms with E-state index in [1.807, 2.05) is 13.0 Å². The Labute approximate surface area is 254 Å². The van der Waals surface area contributed by atoms with Gasteiger partial charge in [-0.25, -0.2) is 4.98 Å². The molecule has 1 aliphatic rings. The topological polar surface area (TPSA) is 113 Å². The fourth-order valence-corrected chi connectivity index (χ4v) is 6.23. The first kappa shape index (κ1) is 33.7. The van der Waals surface area contributed by atoms with Gasteiger partial charge in [-0.2, -0.15) is 0 Å². The average molecular weight is 600 g/mol. The van der Waals surface area contributed by atoms with Crippen LogP contribution in [0.1, 0.15) is 76.8 Å². The fraction of sp³-hybridized carbons (Fsp3) is 0.625. The van der Waals surface area contributed by atoms with E-state index in [4.69, 9.17) is 9.72 Å². The number of carbonyl (C=O) groups is 3. The van der Waals surface area contributed by atoms with Crippen LogP contribution in [0.15, 0.2) is 30.4 Å². The summed E-state index contributed by atoms with van der Waals surface area (Å²) in [6.07, 6.45) is 2.89. The van der Waals surface area contributed by atoms with Crippen LogP contribution in [0.4, 0.5) is 0 Å². The number of amides is 3. The molecule has 1 aromatic heterocycles. The molecule has 10 heteroatoms. The maximum atomic E-state index is 13.8. The van der Waals surface area contributed by atoms with Gasteiger partial charge in [0.2, 0.25) is 17.7 Å². The number of ether oxygens (including phenoxy) is 1. The number of thiazole rings is 1. The summed E-state index contributed by atoms with van der Waals surface area (Å²) in [5.74, 6) is -0.0956. The van der Waals surface area contributed by atoms with Gasteiger partial charge in [-0.05, 0) is 61.9 Å². The first-order valence-corrected chi connectivity index (χ1v) is 16.2. The number of hydrogen-bond acceptors (Lipinski definition) is 7. The second kappa shape index (κ2) is 16.7. The number of likely N-dealkylation sites (N-methyl/N-ethyl adjacent to an activating group) is 1. The fourth-order valence-electron chi connectivity index (χ4n) is 5.17. The molecule has 0 radical (unpaired) electrons. The van der Waals surface area contributed by atoms with E-state index in [-0.39, 0.29) is 36.2 Å². The van der Waals surface area contributed by atoms with Gasteiger partial charge in [0.25, 0.3) is 0 Å². The van der Waals surface area contributed by atoms with Crippen molar-refractivity contribution in [3.05, 3.63) is 40.9 Å². The molecule has 1 fully saturated rings. The van der Waals surface area contributed by atoms with Gasteiger partial charge in [0, 0.05) is 50.8 Å². The molecule has 232 valence electrons. The van der Waals surface area contributed by atoms with E-state index in [2.05, 4.69) is 67.3 Å². The molecule has 3 amide bonds. The number of hydrogen-bond donors (Lipinski definition) is 3. The molecule has 0 saturated carbocycles. The monoisotopic (exact) mass is 599 g/mol. The molecule has 1 unspecified atom stereocenters. The van der Waals surface area contributed by atoms with Crippen LogP contribution in [0.5, 0.6) is 0 Å². The second-order valence-corrected chi connectivity index (χ2v) is 12.5. The lowest BCUT2D eigenvalue weighted by Gasteiger charge is -2.32. The Morgan fingerprint density at radius 1 is 1.12 bits per heavy atom. The van der Waals surface area contributed by atoms with Crippen LogP contribution in [0, 0.1) is 5.92 Å². The highest BCUT2D eigenvalue weighted by molar-refractivity contribution is 7.18. The number of nitrogens with one attached hydrogen (secondary N) is 3. The van der Waals surface area contributed by atoms with Gasteiger partial charge in [0.15, 0.2) is 0 Å². The van der Waals surface area contributed by atoms with E-state index >= 15 is 0 Å². The highest BCUT2D eigenvalue weighted by Gasteiger charge is 2.30. The smallest absolute Gasteiger partial charge is 0.247 e. The zero-order valence-electron chi connectivity index (χ0n) is 26.0. The highest BCUT2D eigenvalue weighted by Crippen LogP contribution is 2.27. The van der Waals surface area contributed by atoms with Crippen LogP contribution in [0.2, 0.25) is 0 Å². The summed E-state index contributed by atoms with van der Waals surface area (Å²) in [4.78, 5) is 46.2. The minimum Gasteiger partial charge on any atom is -0.381 e. The Balaban J connectivity index is 1.76. The van der Waals surface area contributed by atoms with Crippen LogP contribution in [-0.2, 0) is 25.5 Å².